The van der Waals surface area contributed by atoms with Crippen LogP contribution in [0.2, 0.25) is 0 Å². The zero-order valence-electron chi connectivity index (χ0n) is 9.64. The fraction of sp³-hybridized carbons (Fsp3) is 0.250. The van der Waals surface area contributed by atoms with Gasteiger partial charge in [0, 0.05) is 12.0 Å². The molecule has 2 aliphatic carbocycles. The van der Waals surface area contributed by atoms with Crippen molar-refractivity contribution in [3.05, 3.63) is 59.7 Å². The lowest BCUT2D eigenvalue weighted by Crippen LogP contribution is -2.08. The van der Waals surface area contributed by atoms with Gasteiger partial charge in [-0.25, -0.2) is 0 Å². The van der Waals surface area contributed by atoms with E-state index in [0.29, 0.717) is 12.0 Å². The summed E-state index contributed by atoms with van der Waals surface area (Å²) < 4.78 is 0. The van der Waals surface area contributed by atoms with Gasteiger partial charge >= 0.3 is 0 Å². The molecule has 3 atom stereocenters. The molecule has 0 heterocycles. The average molecular weight is 221 g/mol. The number of nitrogens with two attached hydrogens (primary N) is 1. The molecular weight excluding hydrogens is 206 g/mol. The van der Waals surface area contributed by atoms with Crippen molar-refractivity contribution in [2.75, 3.05) is 0 Å². The third-order valence-electron chi connectivity index (χ3n) is 4.29. The normalized spacial score (nSPS) is 28.6. The summed E-state index contributed by atoms with van der Waals surface area (Å²) in [5, 5.41) is 0. The van der Waals surface area contributed by atoms with E-state index in [9.17, 15) is 0 Å². The van der Waals surface area contributed by atoms with Crippen LogP contribution in [0.4, 0.5) is 0 Å². The van der Waals surface area contributed by atoms with E-state index in [1.54, 1.807) is 0 Å². The molecule has 0 saturated heterocycles. The van der Waals surface area contributed by atoms with E-state index < -0.39 is 0 Å². The van der Waals surface area contributed by atoms with E-state index in [1.807, 2.05) is 0 Å². The number of rotatable bonds is 1. The van der Waals surface area contributed by atoms with Crippen LogP contribution in [0.25, 0.3) is 11.1 Å². The molecule has 2 aromatic rings. The van der Waals surface area contributed by atoms with Crippen molar-refractivity contribution in [2.45, 2.75) is 18.4 Å². The second kappa shape index (κ2) is 3.21. The first-order valence-corrected chi connectivity index (χ1v) is 6.28. The fourth-order valence-electron chi connectivity index (χ4n) is 3.27. The van der Waals surface area contributed by atoms with Crippen LogP contribution in [-0.2, 0) is 6.42 Å². The van der Waals surface area contributed by atoms with Crippen LogP contribution in [0.15, 0.2) is 48.5 Å². The van der Waals surface area contributed by atoms with Crippen molar-refractivity contribution in [1.29, 1.82) is 0 Å². The van der Waals surface area contributed by atoms with Crippen LogP contribution in [0.5, 0.6) is 0 Å². The standard InChI is InChI=1S/C16H15N/c17-16-14-9-12-8-11(6-7-13(12)15(14)16)10-4-2-1-3-5-10/h1-8,14-16H,9,17H2. The summed E-state index contributed by atoms with van der Waals surface area (Å²) in [4.78, 5) is 0. The van der Waals surface area contributed by atoms with Gasteiger partial charge in [0.1, 0.15) is 0 Å². The molecule has 17 heavy (non-hydrogen) atoms. The Kier molecular flexibility index (Phi) is 1.78. The van der Waals surface area contributed by atoms with Gasteiger partial charge in [0.05, 0.1) is 0 Å². The SMILES string of the molecule is NC1C2Cc3cc(-c4ccccc4)ccc3C12. The van der Waals surface area contributed by atoms with Gasteiger partial charge < -0.3 is 5.73 Å². The highest BCUT2D eigenvalue weighted by Gasteiger charge is 2.53. The first kappa shape index (κ1) is 9.43. The quantitative estimate of drug-likeness (QED) is 0.787. The molecule has 1 saturated carbocycles. The van der Waals surface area contributed by atoms with Crippen LogP contribution in [0.1, 0.15) is 17.0 Å². The molecule has 0 radical (unpaired) electrons. The molecule has 0 aromatic heterocycles. The second-order valence-electron chi connectivity index (χ2n) is 5.25. The van der Waals surface area contributed by atoms with E-state index >= 15 is 0 Å². The van der Waals surface area contributed by atoms with Crippen molar-refractivity contribution < 1.29 is 0 Å². The van der Waals surface area contributed by atoms with Gasteiger partial charge in [-0.3, -0.25) is 0 Å². The summed E-state index contributed by atoms with van der Waals surface area (Å²) in [5.41, 5.74) is 11.7. The highest BCUT2D eigenvalue weighted by atomic mass is 14.8. The zero-order valence-corrected chi connectivity index (χ0v) is 9.64. The van der Waals surface area contributed by atoms with Crippen molar-refractivity contribution in [3.63, 3.8) is 0 Å². The van der Waals surface area contributed by atoms with E-state index in [2.05, 4.69) is 48.5 Å². The monoisotopic (exact) mass is 221 g/mol. The van der Waals surface area contributed by atoms with Crippen molar-refractivity contribution in [3.8, 4) is 11.1 Å². The van der Waals surface area contributed by atoms with Gasteiger partial charge in [0.15, 0.2) is 0 Å². The Hall–Kier alpha value is -1.60. The first-order valence-electron chi connectivity index (χ1n) is 6.28. The first-order chi connectivity index (χ1) is 8.34. The topological polar surface area (TPSA) is 26.0 Å². The van der Waals surface area contributed by atoms with E-state index in [4.69, 9.17) is 5.73 Å². The van der Waals surface area contributed by atoms with Crippen LogP contribution < -0.4 is 5.73 Å². The van der Waals surface area contributed by atoms with Crippen LogP contribution in [0, 0.1) is 5.92 Å². The molecule has 0 aliphatic heterocycles. The predicted octanol–water partition coefficient (Wildman–Crippen LogP) is 2.95. The maximum Gasteiger partial charge on any atom is 0.0149 e. The van der Waals surface area contributed by atoms with Gasteiger partial charge in [-0.05, 0) is 34.6 Å². The molecular formula is C16H15N. The number of hydrogen-bond donors (Lipinski definition) is 1. The predicted molar refractivity (Wildman–Crippen MR) is 69.8 cm³/mol. The Morgan fingerprint density at radius 1 is 0.941 bits per heavy atom. The van der Waals surface area contributed by atoms with E-state index in [1.165, 1.54) is 28.7 Å². The third kappa shape index (κ3) is 1.29. The van der Waals surface area contributed by atoms with Gasteiger partial charge in [0.2, 0.25) is 0 Å². The maximum absolute atomic E-state index is 6.04. The smallest absolute Gasteiger partial charge is 0.0149 e. The highest BCUT2D eigenvalue weighted by Crippen LogP contribution is 2.55. The molecule has 4 rings (SSSR count). The average Bonchev–Trinajstić information content (AvgIpc) is 2.87. The van der Waals surface area contributed by atoms with E-state index in [0.717, 1.165) is 5.92 Å². The minimum Gasteiger partial charge on any atom is -0.327 e. The largest absolute Gasteiger partial charge is 0.327 e. The summed E-state index contributed by atoms with van der Waals surface area (Å²) >= 11 is 0. The molecule has 1 fully saturated rings. The minimum atomic E-state index is 0.435. The maximum atomic E-state index is 6.04. The molecule has 84 valence electrons. The number of fused-ring (bicyclic) bond motifs is 3. The molecule has 3 unspecified atom stereocenters. The molecule has 2 aromatic carbocycles. The molecule has 1 nitrogen and oxygen atoms in total. The van der Waals surface area contributed by atoms with Crippen LogP contribution in [-0.4, -0.2) is 6.04 Å². The molecule has 2 N–H and O–H groups in total. The van der Waals surface area contributed by atoms with Gasteiger partial charge in [-0.1, -0.05) is 48.5 Å². The van der Waals surface area contributed by atoms with Gasteiger partial charge in [-0.2, -0.15) is 0 Å². The lowest BCUT2D eigenvalue weighted by molar-refractivity contribution is 0.801. The zero-order chi connectivity index (χ0) is 11.4. The molecule has 2 aliphatic rings. The highest BCUT2D eigenvalue weighted by molar-refractivity contribution is 5.66. The van der Waals surface area contributed by atoms with Crippen LogP contribution >= 0.6 is 0 Å². The Morgan fingerprint density at radius 2 is 1.76 bits per heavy atom. The molecule has 1 heteroatoms. The molecule has 0 bridgehead atoms. The summed E-state index contributed by atoms with van der Waals surface area (Å²) in [5.74, 6) is 1.39. The minimum absolute atomic E-state index is 0.435. The number of benzene rings is 2. The Labute approximate surface area is 101 Å². The third-order valence-corrected chi connectivity index (χ3v) is 4.29. The molecule has 0 spiro atoms. The lowest BCUT2D eigenvalue weighted by Gasteiger charge is -2.08. The summed E-state index contributed by atoms with van der Waals surface area (Å²) in [6, 6.07) is 17.9. The van der Waals surface area contributed by atoms with Crippen molar-refractivity contribution in [1.82, 2.24) is 0 Å². The van der Waals surface area contributed by atoms with Crippen molar-refractivity contribution >= 4 is 0 Å². The van der Waals surface area contributed by atoms with Crippen molar-refractivity contribution in [2.24, 2.45) is 11.7 Å². The number of hydrogen-bond acceptors (Lipinski definition) is 1. The Balaban J connectivity index is 1.77. The summed E-state index contributed by atoms with van der Waals surface area (Å²) in [6.07, 6.45) is 1.18. The second-order valence-corrected chi connectivity index (χ2v) is 5.25. The summed E-state index contributed by atoms with van der Waals surface area (Å²) in [6.45, 7) is 0. The van der Waals surface area contributed by atoms with Gasteiger partial charge in [0.25, 0.3) is 0 Å². The fourth-order valence-corrected chi connectivity index (χ4v) is 3.27. The lowest BCUT2D eigenvalue weighted by atomic mass is 9.98. The van der Waals surface area contributed by atoms with Crippen LogP contribution in [0.3, 0.4) is 0 Å². The van der Waals surface area contributed by atoms with Gasteiger partial charge in [-0.15, -0.1) is 0 Å². The summed E-state index contributed by atoms with van der Waals surface area (Å²) in [7, 11) is 0. The Bertz CT molecular complexity index is 573. The van der Waals surface area contributed by atoms with E-state index in [-0.39, 0.29) is 0 Å². The Morgan fingerprint density at radius 3 is 2.59 bits per heavy atom. The molecule has 0 amide bonds.